The predicted octanol–water partition coefficient (Wildman–Crippen LogP) is 4.22. The Morgan fingerprint density at radius 1 is 1.35 bits per heavy atom. The van der Waals surface area contributed by atoms with E-state index in [9.17, 15) is 4.79 Å². The van der Waals surface area contributed by atoms with Crippen molar-refractivity contribution < 1.29 is 4.79 Å². The summed E-state index contributed by atoms with van der Waals surface area (Å²) in [7, 11) is 0. The van der Waals surface area contributed by atoms with Crippen molar-refractivity contribution in [3.8, 4) is 0 Å². The van der Waals surface area contributed by atoms with Crippen LogP contribution in [0.4, 0.5) is 0 Å². The van der Waals surface area contributed by atoms with E-state index in [1.807, 2.05) is 17.9 Å². The average Bonchev–Trinajstić information content (AvgIpc) is 3.25. The molecule has 2 aromatic heterocycles. The number of hydrogen-bond acceptors (Lipinski definition) is 4. The largest absolute Gasteiger partial charge is 0.342 e. The quantitative estimate of drug-likeness (QED) is 0.753. The van der Waals surface area contributed by atoms with E-state index in [1.165, 1.54) is 16.9 Å². The standard InChI is InChI=1S/C20H24N4OS/c1-4-16-21-13(3)18(26-16)20(25)24-10-6-8-14(11-24)19-22-15-9-5-7-12(2)17(15)23-19/h5,7,9,14H,4,6,8,10-11H2,1-3H3,(H,22,23)/t14-/m0/s1. The second kappa shape index (κ2) is 6.83. The van der Waals surface area contributed by atoms with Crippen molar-refractivity contribution in [2.24, 2.45) is 0 Å². The number of likely N-dealkylation sites (tertiary alicyclic amines) is 1. The van der Waals surface area contributed by atoms with Crippen molar-refractivity contribution >= 4 is 28.3 Å². The fourth-order valence-corrected chi connectivity index (χ4v) is 4.69. The number of H-pyrrole nitrogens is 1. The number of carbonyl (C=O) groups excluding carboxylic acids is 1. The molecule has 26 heavy (non-hydrogen) atoms. The molecular weight excluding hydrogens is 344 g/mol. The Balaban J connectivity index is 1.57. The molecule has 136 valence electrons. The molecule has 1 saturated heterocycles. The maximum atomic E-state index is 13.0. The molecule has 1 N–H and O–H groups in total. The highest BCUT2D eigenvalue weighted by Gasteiger charge is 2.29. The highest BCUT2D eigenvalue weighted by atomic mass is 32.1. The molecule has 0 spiro atoms. The Bertz CT molecular complexity index is 958. The molecule has 6 heteroatoms. The minimum atomic E-state index is 0.122. The number of aromatic nitrogens is 3. The second-order valence-electron chi connectivity index (χ2n) is 7.06. The zero-order valence-electron chi connectivity index (χ0n) is 15.5. The van der Waals surface area contributed by atoms with Gasteiger partial charge in [0.2, 0.25) is 0 Å². The Morgan fingerprint density at radius 3 is 2.92 bits per heavy atom. The number of para-hydroxylation sites is 1. The second-order valence-corrected chi connectivity index (χ2v) is 8.14. The summed E-state index contributed by atoms with van der Waals surface area (Å²) in [5.41, 5.74) is 4.16. The number of fused-ring (bicyclic) bond motifs is 1. The molecule has 1 aliphatic rings. The van der Waals surface area contributed by atoms with Gasteiger partial charge in [0.1, 0.15) is 10.7 Å². The van der Waals surface area contributed by atoms with E-state index in [-0.39, 0.29) is 11.8 Å². The number of carbonyl (C=O) groups is 1. The van der Waals surface area contributed by atoms with Crippen LogP contribution in [0, 0.1) is 13.8 Å². The lowest BCUT2D eigenvalue weighted by Gasteiger charge is -2.31. The van der Waals surface area contributed by atoms with Crippen LogP contribution < -0.4 is 0 Å². The number of imidazole rings is 1. The molecule has 0 unspecified atom stereocenters. The zero-order chi connectivity index (χ0) is 18.3. The molecule has 0 radical (unpaired) electrons. The van der Waals surface area contributed by atoms with Gasteiger partial charge in [0.05, 0.1) is 21.7 Å². The molecule has 0 saturated carbocycles. The van der Waals surface area contributed by atoms with Gasteiger partial charge in [-0.1, -0.05) is 19.1 Å². The maximum absolute atomic E-state index is 13.0. The molecule has 3 heterocycles. The van der Waals surface area contributed by atoms with Crippen LogP contribution in [0.5, 0.6) is 0 Å². The summed E-state index contributed by atoms with van der Waals surface area (Å²) in [5, 5.41) is 1.03. The predicted molar refractivity (Wildman–Crippen MR) is 105 cm³/mol. The van der Waals surface area contributed by atoms with Crippen molar-refractivity contribution in [2.45, 2.75) is 46.0 Å². The molecular formula is C20H24N4OS. The van der Waals surface area contributed by atoms with Gasteiger partial charge in [0.25, 0.3) is 5.91 Å². The number of hydrogen-bond donors (Lipinski definition) is 1. The number of benzene rings is 1. The summed E-state index contributed by atoms with van der Waals surface area (Å²) in [6.45, 7) is 7.63. The van der Waals surface area contributed by atoms with E-state index >= 15 is 0 Å². The first-order chi connectivity index (χ1) is 12.6. The summed E-state index contributed by atoms with van der Waals surface area (Å²) < 4.78 is 0. The lowest BCUT2D eigenvalue weighted by Crippen LogP contribution is -2.39. The maximum Gasteiger partial charge on any atom is 0.265 e. The fraction of sp³-hybridized carbons (Fsp3) is 0.450. The first kappa shape index (κ1) is 17.2. The smallest absolute Gasteiger partial charge is 0.265 e. The minimum Gasteiger partial charge on any atom is -0.342 e. The van der Waals surface area contributed by atoms with E-state index in [1.54, 1.807) is 0 Å². The number of nitrogens with one attached hydrogen (secondary N) is 1. The van der Waals surface area contributed by atoms with Crippen LogP contribution >= 0.6 is 11.3 Å². The van der Waals surface area contributed by atoms with Crippen LogP contribution in [-0.2, 0) is 6.42 Å². The highest BCUT2D eigenvalue weighted by molar-refractivity contribution is 7.13. The van der Waals surface area contributed by atoms with Crippen LogP contribution in [0.15, 0.2) is 18.2 Å². The highest BCUT2D eigenvalue weighted by Crippen LogP contribution is 2.29. The lowest BCUT2D eigenvalue weighted by molar-refractivity contribution is 0.0709. The van der Waals surface area contributed by atoms with Crippen LogP contribution in [0.1, 0.15) is 57.4 Å². The molecule has 3 aromatic rings. The number of thiazole rings is 1. The van der Waals surface area contributed by atoms with Crippen LogP contribution in [-0.4, -0.2) is 38.8 Å². The van der Waals surface area contributed by atoms with Gasteiger partial charge in [-0.15, -0.1) is 11.3 Å². The van der Waals surface area contributed by atoms with Gasteiger partial charge in [0.15, 0.2) is 0 Å². The number of piperidine rings is 1. The van der Waals surface area contributed by atoms with E-state index < -0.39 is 0 Å². The molecule has 5 nitrogen and oxygen atoms in total. The first-order valence-corrected chi connectivity index (χ1v) is 10.1. The monoisotopic (exact) mass is 368 g/mol. The normalized spacial score (nSPS) is 17.8. The lowest BCUT2D eigenvalue weighted by atomic mass is 9.97. The number of aromatic amines is 1. The molecule has 0 bridgehead atoms. The molecule has 1 amide bonds. The number of amides is 1. The molecule has 1 atom stereocenters. The van der Waals surface area contributed by atoms with E-state index in [2.05, 4.69) is 35.9 Å². The van der Waals surface area contributed by atoms with Crippen molar-refractivity contribution in [1.29, 1.82) is 0 Å². The number of aryl methyl sites for hydroxylation is 3. The summed E-state index contributed by atoms with van der Waals surface area (Å²) >= 11 is 1.54. The van der Waals surface area contributed by atoms with Crippen LogP contribution in [0.3, 0.4) is 0 Å². The van der Waals surface area contributed by atoms with E-state index in [0.29, 0.717) is 0 Å². The van der Waals surface area contributed by atoms with E-state index in [0.717, 1.165) is 64.8 Å². The minimum absolute atomic E-state index is 0.122. The number of rotatable bonds is 3. The molecule has 0 aliphatic carbocycles. The molecule has 4 rings (SSSR count). The van der Waals surface area contributed by atoms with E-state index in [4.69, 9.17) is 4.98 Å². The Hall–Kier alpha value is -2.21. The Kier molecular flexibility index (Phi) is 4.53. The zero-order valence-corrected chi connectivity index (χ0v) is 16.3. The van der Waals surface area contributed by atoms with Crippen molar-refractivity contribution in [3.63, 3.8) is 0 Å². The summed E-state index contributed by atoms with van der Waals surface area (Å²) in [6, 6.07) is 6.20. The topological polar surface area (TPSA) is 61.9 Å². The van der Waals surface area contributed by atoms with Gasteiger partial charge < -0.3 is 9.88 Å². The first-order valence-electron chi connectivity index (χ1n) is 9.27. The van der Waals surface area contributed by atoms with Gasteiger partial charge >= 0.3 is 0 Å². The summed E-state index contributed by atoms with van der Waals surface area (Å²) in [4.78, 5) is 28.6. The molecule has 1 aromatic carbocycles. The molecule has 1 fully saturated rings. The van der Waals surface area contributed by atoms with Crippen LogP contribution in [0.25, 0.3) is 11.0 Å². The van der Waals surface area contributed by atoms with Gasteiger partial charge in [-0.25, -0.2) is 9.97 Å². The summed E-state index contributed by atoms with van der Waals surface area (Å²) in [6.07, 6.45) is 2.94. The van der Waals surface area contributed by atoms with Crippen molar-refractivity contribution in [2.75, 3.05) is 13.1 Å². The van der Waals surface area contributed by atoms with Gasteiger partial charge in [-0.2, -0.15) is 0 Å². The average molecular weight is 369 g/mol. The fourth-order valence-electron chi connectivity index (χ4n) is 3.72. The summed E-state index contributed by atoms with van der Waals surface area (Å²) in [5.74, 6) is 1.39. The van der Waals surface area contributed by atoms with Gasteiger partial charge in [0, 0.05) is 19.0 Å². The third-order valence-electron chi connectivity index (χ3n) is 5.17. The Labute approximate surface area is 157 Å². The molecule has 1 aliphatic heterocycles. The SMILES string of the molecule is CCc1nc(C)c(C(=O)N2CCC[C@H](c3nc4c(C)cccc4[nH]3)C2)s1. The van der Waals surface area contributed by atoms with Gasteiger partial charge in [-0.05, 0) is 44.7 Å². The van der Waals surface area contributed by atoms with Crippen LogP contribution in [0.2, 0.25) is 0 Å². The number of nitrogens with zero attached hydrogens (tertiary/aromatic N) is 3. The third-order valence-corrected chi connectivity index (χ3v) is 6.46. The third kappa shape index (κ3) is 3.03. The van der Waals surface area contributed by atoms with Crippen molar-refractivity contribution in [3.05, 3.63) is 45.2 Å². The van der Waals surface area contributed by atoms with Gasteiger partial charge in [-0.3, -0.25) is 4.79 Å². The van der Waals surface area contributed by atoms with Crippen molar-refractivity contribution in [1.82, 2.24) is 19.9 Å². The Morgan fingerprint density at radius 2 is 2.19 bits per heavy atom.